The van der Waals surface area contributed by atoms with Crippen LogP contribution in [0.25, 0.3) is 0 Å². The van der Waals surface area contributed by atoms with Crippen LogP contribution in [0.15, 0.2) is 0 Å². The minimum atomic E-state index is -0.114. The molecule has 0 amide bonds. The van der Waals surface area contributed by atoms with E-state index in [2.05, 4.69) is 29.5 Å². The second-order valence-corrected chi connectivity index (χ2v) is 4.95. The highest BCUT2D eigenvalue weighted by Crippen LogP contribution is 2.13. The molecule has 0 radical (unpaired) electrons. The zero-order valence-corrected chi connectivity index (χ0v) is 8.42. The number of aliphatic hydroxyl groups excluding tert-OH is 1. The van der Waals surface area contributed by atoms with Gasteiger partial charge in [0.2, 0.25) is 0 Å². The Morgan fingerprint density at radius 3 is 1.89 bits per heavy atom. The lowest BCUT2D eigenvalue weighted by atomic mass is 10.0. The third kappa shape index (κ3) is 5.15. The Kier molecular flexibility index (Phi) is 4.84. The van der Waals surface area contributed by atoms with Crippen molar-refractivity contribution in [1.29, 1.82) is 0 Å². The van der Waals surface area contributed by atoms with Gasteiger partial charge < -0.3 is 5.11 Å². The van der Waals surface area contributed by atoms with Crippen molar-refractivity contribution in [3.63, 3.8) is 0 Å². The largest absolute Gasteiger partial charge is 0.393 e. The van der Waals surface area contributed by atoms with Crippen LogP contribution in [0.5, 0.6) is 0 Å². The molecule has 0 heterocycles. The predicted molar refractivity (Wildman–Crippen MR) is 48.9 cm³/mol. The van der Waals surface area contributed by atoms with E-state index in [4.69, 9.17) is 0 Å². The summed E-state index contributed by atoms with van der Waals surface area (Å²) in [5.41, 5.74) is 0. The van der Waals surface area contributed by atoms with E-state index >= 15 is 0 Å². The molecule has 0 aliphatic rings. The van der Waals surface area contributed by atoms with Gasteiger partial charge in [-0.3, -0.25) is 0 Å². The molecule has 2 heteroatoms. The number of alkyl halides is 1. The molecule has 0 saturated heterocycles. The maximum absolute atomic E-state index is 9.29. The number of hydrogen-bond donors (Lipinski definition) is 1. The van der Waals surface area contributed by atoms with E-state index in [-0.39, 0.29) is 6.10 Å². The van der Waals surface area contributed by atoms with Crippen LogP contribution in [0.4, 0.5) is 0 Å². The Morgan fingerprint density at radius 2 is 1.78 bits per heavy atom. The fourth-order valence-electron chi connectivity index (χ4n) is 0.605. The van der Waals surface area contributed by atoms with Gasteiger partial charge >= 0.3 is 0 Å². The maximum Gasteiger partial charge on any atom is 0.0573 e. The van der Waals surface area contributed by atoms with Crippen molar-refractivity contribution in [2.24, 2.45) is 5.92 Å². The fourth-order valence-corrected chi connectivity index (χ4v) is 1.13. The van der Waals surface area contributed by atoms with E-state index in [1.54, 1.807) is 0 Å². The van der Waals surface area contributed by atoms with E-state index in [1.807, 2.05) is 13.8 Å². The molecule has 0 spiro atoms. The van der Waals surface area contributed by atoms with E-state index < -0.39 is 0 Å². The van der Waals surface area contributed by atoms with E-state index in [9.17, 15) is 5.11 Å². The lowest BCUT2D eigenvalue weighted by Crippen LogP contribution is -2.17. The maximum atomic E-state index is 9.29. The fraction of sp³-hybridized carbons (Fsp3) is 1.00. The Morgan fingerprint density at radius 1 is 1.33 bits per heavy atom. The summed E-state index contributed by atoms with van der Waals surface area (Å²) in [6.07, 6.45) is 0.801. The van der Waals surface area contributed by atoms with Crippen molar-refractivity contribution in [2.45, 2.75) is 37.2 Å². The van der Waals surface area contributed by atoms with E-state index in [0.29, 0.717) is 9.84 Å². The average Bonchev–Trinajstić information content (AvgIpc) is 1.63. The van der Waals surface area contributed by atoms with Crippen LogP contribution < -0.4 is 0 Å². The molecule has 1 nitrogen and oxygen atoms in total. The summed E-state index contributed by atoms with van der Waals surface area (Å²) in [6.45, 7) is 6.21. The number of hydrogen-bond acceptors (Lipinski definition) is 1. The van der Waals surface area contributed by atoms with Crippen molar-refractivity contribution in [3.8, 4) is 0 Å². The first-order valence-corrected chi connectivity index (χ1v) is 4.60. The molecule has 0 aromatic rings. The molecule has 9 heavy (non-hydrogen) atoms. The van der Waals surface area contributed by atoms with Crippen LogP contribution in [0.3, 0.4) is 0 Å². The van der Waals surface area contributed by atoms with Gasteiger partial charge in [-0.05, 0) is 12.3 Å². The zero-order chi connectivity index (χ0) is 7.44. The zero-order valence-electron chi connectivity index (χ0n) is 6.26. The second kappa shape index (κ2) is 4.50. The van der Waals surface area contributed by atoms with E-state index in [1.165, 1.54) is 0 Å². The monoisotopic (exact) mass is 242 g/mol. The van der Waals surface area contributed by atoms with Crippen molar-refractivity contribution in [1.82, 2.24) is 0 Å². The van der Waals surface area contributed by atoms with Crippen LogP contribution in [-0.4, -0.2) is 15.1 Å². The van der Waals surface area contributed by atoms with Crippen LogP contribution in [-0.2, 0) is 0 Å². The van der Waals surface area contributed by atoms with Gasteiger partial charge in [0, 0.05) is 3.92 Å². The molecule has 0 fully saturated rings. The standard InChI is InChI=1S/C7H15IO/c1-5(2)7(9)4-6(3)8/h5-7,9H,4H2,1-3H3. The first kappa shape index (κ1) is 9.69. The quantitative estimate of drug-likeness (QED) is 0.594. The first-order chi connectivity index (χ1) is 4.04. The third-order valence-corrected chi connectivity index (χ3v) is 1.84. The van der Waals surface area contributed by atoms with Gasteiger partial charge in [-0.1, -0.05) is 43.4 Å². The van der Waals surface area contributed by atoms with Crippen molar-refractivity contribution in [3.05, 3.63) is 0 Å². The van der Waals surface area contributed by atoms with Gasteiger partial charge in [0.15, 0.2) is 0 Å². The summed E-state index contributed by atoms with van der Waals surface area (Å²) in [5, 5.41) is 9.29. The molecular formula is C7H15IO. The van der Waals surface area contributed by atoms with Gasteiger partial charge in [0.25, 0.3) is 0 Å². The summed E-state index contributed by atoms with van der Waals surface area (Å²) >= 11 is 2.33. The minimum Gasteiger partial charge on any atom is -0.393 e. The molecule has 0 bridgehead atoms. The highest BCUT2D eigenvalue weighted by molar-refractivity contribution is 14.1. The lowest BCUT2D eigenvalue weighted by Gasteiger charge is -2.14. The molecule has 1 N–H and O–H groups in total. The van der Waals surface area contributed by atoms with Gasteiger partial charge in [-0.15, -0.1) is 0 Å². The van der Waals surface area contributed by atoms with Crippen LogP contribution in [0, 0.1) is 5.92 Å². The third-order valence-electron chi connectivity index (χ3n) is 1.34. The number of rotatable bonds is 3. The highest BCUT2D eigenvalue weighted by Gasteiger charge is 2.10. The molecule has 0 saturated carbocycles. The van der Waals surface area contributed by atoms with Gasteiger partial charge in [0.1, 0.15) is 0 Å². The molecule has 56 valence electrons. The van der Waals surface area contributed by atoms with Gasteiger partial charge in [-0.25, -0.2) is 0 Å². The molecule has 0 aliphatic carbocycles. The average molecular weight is 242 g/mol. The van der Waals surface area contributed by atoms with Crippen molar-refractivity contribution >= 4 is 22.6 Å². The van der Waals surface area contributed by atoms with Crippen molar-refractivity contribution < 1.29 is 5.11 Å². The SMILES string of the molecule is CC(I)CC(O)C(C)C. The van der Waals surface area contributed by atoms with Gasteiger partial charge in [0.05, 0.1) is 6.10 Å². The Hall–Kier alpha value is 0.690. The summed E-state index contributed by atoms with van der Waals surface area (Å²) < 4.78 is 0.583. The number of aliphatic hydroxyl groups is 1. The molecular weight excluding hydrogens is 227 g/mol. The normalized spacial score (nSPS) is 18.0. The Labute approximate surface area is 71.0 Å². The molecule has 2 unspecified atom stereocenters. The molecule has 2 atom stereocenters. The van der Waals surface area contributed by atoms with E-state index in [0.717, 1.165) is 6.42 Å². The summed E-state index contributed by atoms with van der Waals surface area (Å²) in [5.74, 6) is 0.405. The molecule has 0 aromatic heterocycles. The minimum absolute atomic E-state index is 0.114. The molecule has 0 rings (SSSR count). The van der Waals surface area contributed by atoms with Crippen molar-refractivity contribution in [2.75, 3.05) is 0 Å². The summed E-state index contributed by atoms with van der Waals surface area (Å²) in [7, 11) is 0. The molecule has 0 aromatic carbocycles. The Bertz CT molecular complexity index is 71.3. The Balaban J connectivity index is 3.38. The van der Waals surface area contributed by atoms with Crippen LogP contribution in [0.2, 0.25) is 0 Å². The summed E-state index contributed by atoms with van der Waals surface area (Å²) in [6, 6.07) is 0. The summed E-state index contributed by atoms with van der Waals surface area (Å²) in [4.78, 5) is 0. The molecule has 0 aliphatic heterocycles. The van der Waals surface area contributed by atoms with Crippen LogP contribution >= 0.6 is 22.6 Å². The first-order valence-electron chi connectivity index (χ1n) is 3.36. The smallest absolute Gasteiger partial charge is 0.0573 e. The topological polar surface area (TPSA) is 20.2 Å². The predicted octanol–water partition coefficient (Wildman–Crippen LogP) is 2.22. The lowest BCUT2D eigenvalue weighted by molar-refractivity contribution is 0.118. The highest BCUT2D eigenvalue weighted by atomic mass is 127. The van der Waals surface area contributed by atoms with Crippen LogP contribution in [0.1, 0.15) is 27.2 Å². The number of halogens is 1. The second-order valence-electron chi connectivity index (χ2n) is 2.83. The van der Waals surface area contributed by atoms with Gasteiger partial charge in [-0.2, -0.15) is 0 Å².